The minimum atomic E-state index is -4.26. The van der Waals surface area contributed by atoms with Crippen LogP contribution < -0.4 is 5.73 Å². The molecule has 0 heterocycles. The molecule has 1 atom stereocenters. The van der Waals surface area contributed by atoms with Crippen LogP contribution in [0.15, 0.2) is 0 Å². The number of nitrogens with zero attached hydrogens (tertiary/aromatic N) is 1. The van der Waals surface area contributed by atoms with Crippen molar-refractivity contribution in [2.75, 3.05) is 6.54 Å². The number of amidine groups is 1. The molecule has 1 unspecified atom stereocenters. The summed E-state index contributed by atoms with van der Waals surface area (Å²) in [4.78, 5) is 1.14. The van der Waals surface area contributed by atoms with Gasteiger partial charge in [0.1, 0.15) is 5.84 Å². The van der Waals surface area contributed by atoms with Crippen LogP contribution in [0.25, 0.3) is 0 Å². The van der Waals surface area contributed by atoms with Crippen LogP contribution in [0.4, 0.5) is 13.2 Å². The van der Waals surface area contributed by atoms with Gasteiger partial charge in [-0.05, 0) is 20.8 Å². The van der Waals surface area contributed by atoms with Crippen molar-refractivity contribution < 1.29 is 13.2 Å². The van der Waals surface area contributed by atoms with Crippen molar-refractivity contribution in [2.45, 2.75) is 39.0 Å². The van der Waals surface area contributed by atoms with Crippen molar-refractivity contribution in [3.8, 4) is 0 Å². The number of hydrogen-bond donors (Lipinski definition) is 2. The van der Waals surface area contributed by atoms with Gasteiger partial charge in [0.15, 0.2) is 0 Å². The maximum Gasteiger partial charge on any atom is 0.401 e. The molecule has 0 aromatic rings. The largest absolute Gasteiger partial charge is 0.401 e. The number of alkyl halides is 3. The van der Waals surface area contributed by atoms with Crippen LogP contribution in [0, 0.1) is 5.41 Å². The van der Waals surface area contributed by atoms with Gasteiger partial charge in [-0.1, -0.05) is 0 Å². The van der Waals surface area contributed by atoms with E-state index < -0.39 is 18.8 Å². The van der Waals surface area contributed by atoms with Gasteiger partial charge < -0.3 is 5.73 Å². The normalized spacial score (nSPS) is 14.9. The Hall–Kier alpha value is -0.780. The van der Waals surface area contributed by atoms with Crippen molar-refractivity contribution in [1.29, 1.82) is 5.41 Å². The standard InChI is InChI=1S/C8H16F3N3/c1-5(2)14(4-8(9,10)11)6(3)7(12)13/h5-6H,4H2,1-3H3,(H3,12,13). The molecule has 0 spiro atoms. The third-order valence-electron chi connectivity index (χ3n) is 1.97. The van der Waals surface area contributed by atoms with Crippen LogP contribution in [-0.2, 0) is 0 Å². The SMILES string of the molecule is CC(C)N(CC(F)(F)F)C(C)C(=N)N. The summed E-state index contributed by atoms with van der Waals surface area (Å²) >= 11 is 0. The molecule has 0 saturated carbocycles. The van der Waals surface area contributed by atoms with Gasteiger partial charge in [-0.15, -0.1) is 0 Å². The predicted molar refractivity (Wildman–Crippen MR) is 49.3 cm³/mol. The van der Waals surface area contributed by atoms with E-state index in [9.17, 15) is 13.2 Å². The molecule has 0 aliphatic rings. The van der Waals surface area contributed by atoms with Crippen LogP contribution in [0.2, 0.25) is 0 Å². The lowest BCUT2D eigenvalue weighted by atomic mass is 10.2. The molecular formula is C8H16F3N3. The number of halogens is 3. The van der Waals surface area contributed by atoms with E-state index in [-0.39, 0.29) is 11.9 Å². The Morgan fingerprint density at radius 2 is 1.79 bits per heavy atom. The van der Waals surface area contributed by atoms with Gasteiger partial charge in [0, 0.05) is 6.04 Å². The molecule has 0 bridgehead atoms. The highest BCUT2D eigenvalue weighted by atomic mass is 19.4. The van der Waals surface area contributed by atoms with E-state index in [1.807, 2.05) is 0 Å². The lowest BCUT2D eigenvalue weighted by Crippen LogP contribution is -2.49. The molecule has 0 aromatic heterocycles. The van der Waals surface area contributed by atoms with Gasteiger partial charge in [-0.25, -0.2) is 0 Å². The van der Waals surface area contributed by atoms with Crippen molar-refractivity contribution in [1.82, 2.24) is 4.90 Å². The first kappa shape index (κ1) is 13.2. The zero-order valence-electron chi connectivity index (χ0n) is 8.52. The van der Waals surface area contributed by atoms with Gasteiger partial charge in [-0.2, -0.15) is 13.2 Å². The van der Waals surface area contributed by atoms with E-state index in [1.165, 1.54) is 6.92 Å². The second-order valence-corrected chi connectivity index (χ2v) is 3.51. The third kappa shape index (κ3) is 4.45. The van der Waals surface area contributed by atoms with Crippen molar-refractivity contribution in [2.24, 2.45) is 5.73 Å². The summed E-state index contributed by atoms with van der Waals surface area (Å²) in [5.74, 6) is -0.247. The highest BCUT2D eigenvalue weighted by molar-refractivity contribution is 5.82. The zero-order valence-corrected chi connectivity index (χ0v) is 8.52. The fraction of sp³-hybridized carbons (Fsp3) is 0.875. The Kier molecular flexibility index (Phi) is 4.38. The fourth-order valence-electron chi connectivity index (χ4n) is 1.15. The minimum Gasteiger partial charge on any atom is -0.386 e. The fourth-order valence-corrected chi connectivity index (χ4v) is 1.15. The highest BCUT2D eigenvalue weighted by Crippen LogP contribution is 2.19. The number of nitrogens with one attached hydrogen (secondary N) is 1. The smallest absolute Gasteiger partial charge is 0.386 e. The molecule has 0 aliphatic heterocycles. The average molecular weight is 211 g/mol. The average Bonchev–Trinajstić information content (AvgIpc) is 1.96. The minimum absolute atomic E-state index is 0.247. The molecule has 14 heavy (non-hydrogen) atoms. The van der Waals surface area contributed by atoms with E-state index in [2.05, 4.69) is 0 Å². The summed E-state index contributed by atoms with van der Waals surface area (Å²) in [6, 6.07) is -0.979. The quantitative estimate of drug-likeness (QED) is 0.548. The van der Waals surface area contributed by atoms with Gasteiger partial charge >= 0.3 is 6.18 Å². The molecule has 0 aromatic carbocycles. The first-order chi connectivity index (χ1) is 6.15. The topological polar surface area (TPSA) is 53.1 Å². The Morgan fingerprint density at radius 1 is 1.36 bits per heavy atom. The predicted octanol–water partition coefficient (Wildman–Crippen LogP) is 1.58. The van der Waals surface area contributed by atoms with Gasteiger partial charge in [0.05, 0.1) is 12.6 Å². The summed E-state index contributed by atoms with van der Waals surface area (Å²) in [7, 11) is 0. The Morgan fingerprint density at radius 3 is 2.00 bits per heavy atom. The lowest BCUT2D eigenvalue weighted by Gasteiger charge is -2.32. The molecule has 0 fully saturated rings. The molecule has 0 radical (unpaired) electrons. The molecule has 3 nitrogen and oxygen atoms in total. The Balaban J connectivity index is 4.53. The maximum atomic E-state index is 12.1. The van der Waals surface area contributed by atoms with E-state index >= 15 is 0 Å². The molecule has 0 rings (SSSR count). The van der Waals surface area contributed by atoms with E-state index in [1.54, 1.807) is 13.8 Å². The summed E-state index contributed by atoms with van der Waals surface area (Å²) in [5, 5.41) is 7.10. The van der Waals surface area contributed by atoms with Gasteiger partial charge in [0.25, 0.3) is 0 Å². The molecule has 0 aliphatic carbocycles. The zero-order chi connectivity index (χ0) is 11.5. The Bertz CT molecular complexity index is 200. The maximum absolute atomic E-state index is 12.1. The first-order valence-electron chi connectivity index (χ1n) is 4.31. The molecule has 3 N–H and O–H groups in total. The first-order valence-corrected chi connectivity index (χ1v) is 4.31. The van der Waals surface area contributed by atoms with Crippen molar-refractivity contribution in [3.63, 3.8) is 0 Å². The van der Waals surface area contributed by atoms with Crippen LogP contribution >= 0.6 is 0 Å². The summed E-state index contributed by atoms with van der Waals surface area (Å²) in [6.45, 7) is 3.75. The number of hydrogen-bond acceptors (Lipinski definition) is 2. The molecule has 6 heteroatoms. The monoisotopic (exact) mass is 211 g/mol. The van der Waals surface area contributed by atoms with Crippen LogP contribution in [0.1, 0.15) is 20.8 Å². The van der Waals surface area contributed by atoms with Crippen LogP contribution in [0.3, 0.4) is 0 Å². The van der Waals surface area contributed by atoms with Crippen LogP contribution in [0.5, 0.6) is 0 Å². The van der Waals surface area contributed by atoms with E-state index in [0.29, 0.717) is 0 Å². The molecule has 0 amide bonds. The molecule has 84 valence electrons. The molecule has 0 saturated heterocycles. The summed E-state index contributed by atoms with van der Waals surface area (Å²) in [6.07, 6.45) is -4.26. The number of rotatable bonds is 4. The van der Waals surface area contributed by atoms with Crippen molar-refractivity contribution in [3.05, 3.63) is 0 Å². The Labute approximate surface area is 81.6 Å². The van der Waals surface area contributed by atoms with Crippen molar-refractivity contribution >= 4 is 5.84 Å². The van der Waals surface area contributed by atoms with Crippen LogP contribution in [-0.4, -0.2) is 35.5 Å². The summed E-state index contributed by atoms with van der Waals surface area (Å²) < 4.78 is 36.4. The second kappa shape index (κ2) is 4.63. The van der Waals surface area contributed by atoms with E-state index in [4.69, 9.17) is 11.1 Å². The second-order valence-electron chi connectivity index (χ2n) is 3.51. The number of nitrogens with two attached hydrogens (primary N) is 1. The summed E-state index contributed by atoms with van der Waals surface area (Å²) in [5.41, 5.74) is 5.17. The van der Waals surface area contributed by atoms with Gasteiger partial charge in [0.2, 0.25) is 0 Å². The van der Waals surface area contributed by atoms with Gasteiger partial charge in [-0.3, -0.25) is 10.3 Å². The molecular weight excluding hydrogens is 195 g/mol. The highest BCUT2D eigenvalue weighted by Gasteiger charge is 2.34. The third-order valence-corrected chi connectivity index (χ3v) is 1.97. The lowest BCUT2D eigenvalue weighted by molar-refractivity contribution is -0.151. The van der Waals surface area contributed by atoms with E-state index in [0.717, 1.165) is 4.90 Å².